The van der Waals surface area contributed by atoms with E-state index in [1.807, 2.05) is 31.2 Å². The third kappa shape index (κ3) is 4.19. The van der Waals surface area contributed by atoms with Gasteiger partial charge in [-0.15, -0.1) is 0 Å². The molecule has 3 aromatic rings. The van der Waals surface area contributed by atoms with Crippen molar-refractivity contribution in [3.63, 3.8) is 0 Å². The average Bonchev–Trinajstić information content (AvgIpc) is 3.00. The van der Waals surface area contributed by atoms with Crippen molar-refractivity contribution in [1.82, 2.24) is 4.98 Å². The lowest BCUT2D eigenvalue weighted by atomic mass is 10.2. The van der Waals surface area contributed by atoms with Crippen LogP contribution in [0.25, 0.3) is 11.5 Å². The van der Waals surface area contributed by atoms with Crippen molar-refractivity contribution in [1.29, 1.82) is 0 Å². The van der Waals surface area contributed by atoms with Gasteiger partial charge in [0, 0.05) is 10.6 Å². The molecule has 6 heteroatoms. The third-order valence-electron chi connectivity index (χ3n) is 3.52. The van der Waals surface area contributed by atoms with Gasteiger partial charge in [-0.25, -0.2) is 4.98 Å². The summed E-state index contributed by atoms with van der Waals surface area (Å²) in [5.74, 6) is 0.678. The zero-order chi connectivity index (χ0) is 17.8. The van der Waals surface area contributed by atoms with Gasteiger partial charge in [-0.3, -0.25) is 4.79 Å². The molecule has 1 heterocycles. The van der Waals surface area contributed by atoms with Crippen LogP contribution in [-0.4, -0.2) is 18.1 Å². The number of hydrogen-bond donors (Lipinski definition) is 0. The highest BCUT2D eigenvalue weighted by atomic mass is 35.5. The van der Waals surface area contributed by atoms with E-state index in [-0.39, 0.29) is 12.4 Å². The fraction of sp³-hybridized carbons (Fsp3) is 0.158. The molecule has 3 rings (SSSR count). The molecule has 0 N–H and O–H groups in total. The smallest absolute Gasteiger partial charge is 0.315 e. The Labute approximate surface area is 150 Å². The van der Waals surface area contributed by atoms with Crippen LogP contribution in [0.1, 0.15) is 11.3 Å². The van der Waals surface area contributed by atoms with Gasteiger partial charge < -0.3 is 13.9 Å². The van der Waals surface area contributed by atoms with E-state index in [0.29, 0.717) is 22.4 Å². The number of carbonyl (C=O) groups is 1. The van der Waals surface area contributed by atoms with Gasteiger partial charge in [0.1, 0.15) is 11.4 Å². The number of carbonyl (C=O) groups excluding carboxylic acids is 1. The second-order valence-electron chi connectivity index (χ2n) is 5.43. The predicted molar refractivity (Wildman–Crippen MR) is 93.9 cm³/mol. The van der Waals surface area contributed by atoms with Gasteiger partial charge in [0.2, 0.25) is 5.89 Å². The van der Waals surface area contributed by atoms with Crippen molar-refractivity contribution in [2.75, 3.05) is 7.11 Å². The number of methoxy groups -OCH3 is 1. The molecule has 0 aliphatic rings. The molecule has 5 nitrogen and oxygen atoms in total. The molecular formula is C19H16ClNO4. The molecule has 1 aromatic heterocycles. The molecule has 0 amide bonds. The second-order valence-corrected chi connectivity index (χ2v) is 5.86. The summed E-state index contributed by atoms with van der Waals surface area (Å²) < 4.78 is 16.2. The fourth-order valence-corrected chi connectivity index (χ4v) is 2.29. The van der Waals surface area contributed by atoms with E-state index in [0.717, 1.165) is 11.1 Å². The predicted octanol–water partition coefficient (Wildman–Crippen LogP) is 4.81. The molecule has 0 fully saturated rings. The Hall–Kier alpha value is -2.79. The summed E-state index contributed by atoms with van der Waals surface area (Å²) >= 11 is 5.91. The first-order valence-electron chi connectivity index (χ1n) is 7.62. The Morgan fingerprint density at radius 1 is 1.12 bits per heavy atom. The Morgan fingerprint density at radius 2 is 1.80 bits per heavy atom. The quantitative estimate of drug-likeness (QED) is 0.613. The van der Waals surface area contributed by atoms with Crippen LogP contribution < -0.4 is 4.74 Å². The van der Waals surface area contributed by atoms with Gasteiger partial charge in [0.05, 0.1) is 13.5 Å². The van der Waals surface area contributed by atoms with Crippen molar-refractivity contribution >= 4 is 17.6 Å². The maximum absolute atomic E-state index is 11.6. The van der Waals surface area contributed by atoms with Crippen molar-refractivity contribution in [3.8, 4) is 23.1 Å². The van der Waals surface area contributed by atoms with Gasteiger partial charge in [-0.1, -0.05) is 29.3 Å². The summed E-state index contributed by atoms with van der Waals surface area (Å²) in [6.07, 6.45) is -0.0468. The first kappa shape index (κ1) is 17.0. The number of aryl methyl sites for hydroxylation is 1. The molecule has 0 radical (unpaired) electrons. The Kier molecular flexibility index (Phi) is 5.05. The average molecular weight is 358 g/mol. The molecule has 2 aromatic carbocycles. The van der Waals surface area contributed by atoms with E-state index in [1.165, 1.54) is 7.11 Å². The molecule has 0 unspecified atom stereocenters. The number of hydrogen-bond acceptors (Lipinski definition) is 5. The van der Waals surface area contributed by atoms with Crippen LogP contribution in [0.2, 0.25) is 5.02 Å². The van der Waals surface area contributed by atoms with Gasteiger partial charge >= 0.3 is 11.9 Å². The first-order chi connectivity index (χ1) is 12.0. The summed E-state index contributed by atoms with van der Waals surface area (Å²) in [4.78, 5) is 16.0. The summed E-state index contributed by atoms with van der Waals surface area (Å²) in [5, 5.41) is 0.612. The molecule has 0 aliphatic heterocycles. The molecule has 0 atom stereocenters. The van der Waals surface area contributed by atoms with E-state index in [1.54, 1.807) is 24.3 Å². The molecule has 0 aliphatic carbocycles. The molecule has 0 saturated heterocycles. The maximum atomic E-state index is 11.6. The van der Waals surface area contributed by atoms with E-state index >= 15 is 0 Å². The lowest BCUT2D eigenvalue weighted by molar-refractivity contribution is -0.139. The first-order valence-corrected chi connectivity index (χ1v) is 8.00. The minimum atomic E-state index is -0.426. The van der Waals surface area contributed by atoms with E-state index in [2.05, 4.69) is 4.98 Å². The van der Waals surface area contributed by atoms with Gasteiger partial charge in [0.25, 0.3) is 0 Å². The van der Waals surface area contributed by atoms with Crippen LogP contribution in [-0.2, 0) is 16.0 Å². The minimum absolute atomic E-state index is 0.0468. The number of nitrogens with zero attached hydrogens (tertiary/aromatic N) is 1. The van der Waals surface area contributed by atoms with Crippen LogP contribution in [0.5, 0.6) is 11.7 Å². The Balaban J connectivity index is 1.94. The largest absolute Gasteiger partial charge is 0.469 e. The summed E-state index contributed by atoms with van der Waals surface area (Å²) in [6.45, 7) is 1.99. The van der Waals surface area contributed by atoms with Crippen molar-refractivity contribution in [3.05, 3.63) is 64.8 Å². The molecule has 0 bridgehead atoms. The topological polar surface area (TPSA) is 61.6 Å². The number of esters is 1. The molecule has 128 valence electrons. The zero-order valence-electron chi connectivity index (χ0n) is 13.8. The van der Waals surface area contributed by atoms with Crippen molar-refractivity contribution < 1.29 is 18.7 Å². The Morgan fingerprint density at radius 3 is 2.44 bits per heavy atom. The maximum Gasteiger partial charge on any atom is 0.315 e. The summed E-state index contributed by atoms with van der Waals surface area (Å²) in [6, 6.07) is 14.5. The van der Waals surface area contributed by atoms with Crippen LogP contribution in [0, 0.1) is 6.92 Å². The van der Waals surface area contributed by atoms with Crippen LogP contribution in [0.3, 0.4) is 0 Å². The van der Waals surface area contributed by atoms with Crippen molar-refractivity contribution in [2.45, 2.75) is 13.3 Å². The van der Waals surface area contributed by atoms with Gasteiger partial charge in [0.15, 0.2) is 0 Å². The highest BCUT2D eigenvalue weighted by Crippen LogP contribution is 2.32. The van der Waals surface area contributed by atoms with Crippen LogP contribution in [0.4, 0.5) is 0 Å². The van der Waals surface area contributed by atoms with Crippen LogP contribution >= 0.6 is 11.6 Å². The number of oxazole rings is 1. The highest BCUT2D eigenvalue weighted by molar-refractivity contribution is 6.30. The van der Waals surface area contributed by atoms with E-state index in [9.17, 15) is 4.79 Å². The third-order valence-corrected chi connectivity index (χ3v) is 3.78. The van der Waals surface area contributed by atoms with E-state index in [4.69, 9.17) is 25.5 Å². The highest BCUT2D eigenvalue weighted by Gasteiger charge is 2.20. The minimum Gasteiger partial charge on any atom is -0.469 e. The standard InChI is InChI=1S/C19H16ClNO4/c1-12-3-9-15(10-4-12)24-19-16(11-17(22)23-2)21-18(25-19)13-5-7-14(20)8-6-13/h3-10H,11H2,1-2H3. The number of ether oxygens (including phenoxy) is 2. The van der Waals surface area contributed by atoms with Crippen molar-refractivity contribution in [2.24, 2.45) is 0 Å². The monoisotopic (exact) mass is 357 g/mol. The molecule has 25 heavy (non-hydrogen) atoms. The normalized spacial score (nSPS) is 10.5. The number of halogens is 1. The van der Waals surface area contributed by atoms with Gasteiger partial charge in [-0.05, 0) is 43.3 Å². The number of rotatable bonds is 5. The lowest BCUT2D eigenvalue weighted by Gasteiger charge is -2.04. The zero-order valence-corrected chi connectivity index (χ0v) is 14.5. The fourth-order valence-electron chi connectivity index (χ4n) is 2.17. The SMILES string of the molecule is COC(=O)Cc1nc(-c2ccc(Cl)cc2)oc1Oc1ccc(C)cc1. The van der Waals surface area contributed by atoms with Gasteiger partial charge in [-0.2, -0.15) is 0 Å². The number of aromatic nitrogens is 1. The second kappa shape index (κ2) is 7.40. The number of benzene rings is 2. The summed E-state index contributed by atoms with van der Waals surface area (Å²) in [7, 11) is 1.32. The molecular weight excluding hydrogens is 342 g/mol. The van der Waals surface area contributed by atoms with Crippen LogP contribution in [0.15, 0.2) is 52.9 Å². The Bertz CT molecular complexity index is 869. The molecule has 0 saturated carbocycles. The van der Waals surface area contributed by atoms with E-state index < -0.39 is 5.97 Å². The molecule has 0 spiro atoms. The lowest BCUT2D eigenvalue weighted by Crippen LogP contribution is -2.05. The summed E-state index contributed by atoms with van der Waals surface area (Å²) in [5.41, 5.74) is 2.22.